The van der Waals surface area contributed by atoms with Crippen LogP contribution < -0.4 is 10.6 Å². The number of carbonyl (C=O) groups is 1. The molecule has 26 heavy (non-hydrogen) atoms. The molecule has 0 aromatic carbocycles. The van der Waals surface area contributed by atoms with Gasteiger partial charge in [-0.1, -0.05) is 6.92 Å². The first-order valence-corrected chi connectivity index (χ1v) is 10.1. The van der Waals surface area contributed by atoms with Crippen molar-refractivity contribution in [1.29, 1.82) is 0 Å². The molecule has 1 aliphatic rings. The van der Waals surface area contributed by atoms with E-state index in [4.69, 9.17) is 0 Å². The maximum absolute atomic E-state index is 12.3. The predicted octanol–water partition coefficient (Wildman–Crippen LogP) is 3.42. The van der Waals surface area contributed by atoms with Crippen molar-refractivity contribution in [2.24, 2.45) is 10.9 Å². The highest BCUT2D eigenvalue weighted by Crippen LogP contribution is 2.17. The van der Waals surface area contributed by atoms with Crippen molar-refractivity contribution in [2.45, 2.75) is 52.5 Å². The molecule has 1 aromatic rings. The van der Waals surface area contributed by atoms with E-state index in [1.807, 2.05) is 16.2 Å². The van der Waals surface area contributed by atoms with Crippen molar-refractivity contribution in [3.63, 3.8) is 0 Å². The first-order valence-electron chi connectivity index (χ1n) is 9.28. The number of amides is 1. The lowest BCUT2D eigenvalue weighted by molar-refractivity contribution is -0.132. The number of halogens is 1. The fraction of sp³-hybridized carbons (Fsp3) is 0.684. The number of nitrogens with zero attached hydrogens (tertiary/aromatic N) is 2. The summed E-state index contributed by atoms with van der Waals surface area (Å²) in [6, 6.07) is 4.64. The number of hydrogen-bond acceptors (Lipinski definition) is 3. The normalized spacial score (nSPS) is 18.8. The molecule has 1 fully saturated rings. The van der Waals surface area contributed by atoms with Gasteiger partial charge in [-0.15, -0.1) is 35.3 Å². The van der Waals surface area contributed by atoms with Gasteiger partial charge in [0.2, 0.25) is 5.91 Å². The van der Waals surface area contributed by atoms with Crippen LogP contribution in [0.5, 0.6) is 0 Å². The molecule has 0 spiro atoms. The van der Waals surface area contributed by atoms with Crippen LogP contribution in [0.4, 0.5) is 0 Å². The fourth-order valence-corrected chi connectivity index (χ4v) is 4.26. The average molecular weight is 492 g/mol. The first-order chi connectivity index (χ1) is 12.0. The Balaban J connectivity index is 0.00000338. The van der Waals surface area contributed by atoms with Crippen molar-refractivity contribution < 1.29 is 4.79 Å². The molecule has 0 radical (unpaired) electrons. The van der Waals surface area contributed by atoms with E-state index in [2.05, 4.69) is 48.5 Å². The lowest BCUT2D eigenvalue weighted by Gasteiger charge is -2.31. The van der Waals surface area contributed by atoms with E-state index in [0.717, 1.165) is 31.9 Å². The van der Waals surface area contributed by atoms with Gasteiger partial charge in [0.15, 0.2) is 5.96 Å². The summed E-state index contributed by atoms with van der Waals surface area (Å²) in [6.07, 6.45) is 3.86. The number of aryl methyl sites for hydroxylation is 1. The third kappa shape index (κ3) is 7.82. The van der Waals surface area contributed by atoms with E-state index in [1.54, 1.807) is 7.05 Å². The quantitative estimate of drug-likeness (QED) is 0.364. The molecular weight excluding hydrogens is 459 g/mol. The van der Waals surface area contributed by atoms with E-state index in [-0.39, 0.29) is 29.9 Å². The summed E-state index contributed by atoms with van der Waals surface area (Å²) in [4.78, 5) is 21.3. The van der Waals surface area contributed by atoms with Gasteiger partial charge in [0.1, 0.15) is 0 Å². The lowest BCUT2D eigenvalue weighted by atomic mass is 10.00. The number of likely N-dealkylation sites (tertiary alicyclic amines) is 1. The molecule has 0 saturated carbocycles. The zero-order chi connectivity index (χ0) is 18.2. The molecule has 2 rings (SSSR count). The largest absolute Gasteiger partial charge is 0.356 e. The standard InChI is InChI=1S/C19H32N4OS.HI/c1-14-6-5-11-23(13-14)18(24)9-10-21-19(20-4)22-15(2)12-17-8-7-16(3)25-17;/h7-8,14-15H,5-6,9-13H2,1-4H3,(H2,20,21,22);1H. The molecule has 148 valence electrons. The maximum atomic E-state index is 12.3. The van der Waals surface area contributed by atoms with Gasteiger partial charge >= 0.3 is 0 Å². The summed E-state index contributed by atoms with van der Waals surface area (Å²) < 4.78 is 0. The summed E-state index contributed by atoms with van der Waals surface area (Å²) in [6.45, 7) is 8.94. The van der Waals surface area contributed by atoms with Crippen LogP contribution >= 0.6 is 35.3 Å². The number of carbonyl (C=O) groups excluding carboxylic acids is 1. The van der Waals surface area contributed by atoms with Gasteiger partial charge in [0, 0.05) is 55.3 Å². The van der Waals surface area contributed by atoms with Crippen LogP contribution in [0.3, 0.4) is 0 Å². The van der Waals surface area contributed by atoms with Crippen molar-refractivity contribution >= 4 is 47.2 Å². The highest BCUT2D eigenvalue weighted by Gasteiger charge is 2.20. The second-order valence-corrected chi connectivity index (χ2v) is 8.47. The summed E-state index contributed by atoms with van der Waals surface area (Å²) in [7, 11) is 1.77. The van der Waals surface area contributed by atoms with E-state index in [1.165, 1.54) is 16.2 Å². The van der Waals surface area contributed by atoms with Crippen molar-refractivity contribution in [1.82, 2.24) is 15.5 Å². The van der Waals surface area contributed by atoms with Crippen LogP contribution in [0.1, 0.15) is 42.9 Å². The van der Waals surface area contributed by atoms with Crippen molar-refractivity contribution in [2.75, 3.05) is 26.7 Å². The van der Waals surface area contributed by atoms with Crippen LogP contribution in [-0.4, -0.2) is 49.5 Å². The Kier molecular flexibility index (Phi) is 10.5. The minimum atomic E-state index is 0. The van der Waals surface area contributed by atoms with Crippen LogP contribution in [0, 0.1) is 12.8 Å². The van der Waals surface area contributed by atoms with Crippen molar-refractivity contribution in [3.8, 4) is 0 Å². The predicted molar refractivity (Wildman–Crippen MR) is 122 cm³/mol. The SMILES string of the molecule is CN=C(NCCC(=O)N1CCCC(C)C1)NC(C)Cc1ccc(C)s1.I. The van der Waals surface area contributed by atoms with Crippen molar-refractivity contribution in [3.05, 3.63) is 21.9 Å². The first kappa shape index (κ1) is 23.2. The fourth-order valence-electron chi connectivity index (χ4n) is 3.24. The van der Waals surface area contributed by atoms with Crippen LogP contribution in [0.2, 0.25) is 0 Å². The van der Waals surface area contributed by atoms with Gasteiger partial charge in [0.25, 0.3) is 0 Å². The third-order valence-electron chi connectivity index (χ3n) is 4.55. The molecule has 7 heteroatoms. The maximum Gasteiger partial charge on any atom is 0.224 e. The summed E-state index contributed by atoms with van der Waals surface area (Å²) in [5.74, 6) is 1.64. The van der Waals surface area contributed by atoms with E-state index < -0.39 is 0 Å². The Bertz CT molecular complexity index is 590. The summed E-state index contributed by atoms with van der Waals surface area (Å²) >= 11 is 1.84. The Morgan fingerprint density at radius 2 is 2.23 bits per heavy atom. The zero-order valence-electron chi connectivity index (χ0n) is 16.4. The monoisotopic (exact) mass is 492 g/mol. The van der Waals surface area contributed by atoms with Gasteiger partial charge in [-0.05, 0) is 44.7 Å². The molecular formula is C19H33IN4OS. The number of guanidine groups is 1. The number of thiophene rings is 1. The number of rotatable bonds is 6. The Morgan fingerprint density at radius 3 is 2.85 bits per heavy atom. The molecule has 2 N–H and O–H groups in total. The Hall–Kier alpha value is -0.830. The van der Waals surface area contributed by atoms with Gasteiger partial charge in [0.05, 0.1) is 0 Å². The molecule has 5 nitrogen and oxygen atoms in total. The zero-order valence-corrected chi connectivity index (χ0v) is 19.5. The number of piperidine rings is 1. The van der Waals surface area contributed by atoms with Crippen LogP contribution in [0.15, 0.2) is 17.1 Å². The van der Waals surface area contributed by atoms with Crippen LogP contribution in [-0.2, 0) is 11.2 Å². The van der Waals surface area contributed by atoms with Gasteiger partial charge in [-0.25, -0.2) is 0 Å². The Labute approximate surface area is 179 Å². The molecule has 1 aromatic heterocycles. The molecule has 2 atom stereocenters. The Morgan fingerprint density at radius 1 is 1.46 bits per heavy atom. The van der Waals surface area contributed by atoms with Gasteiger partial charge in [-0.3, -0.25) is 9.79 Å². The van der Waals surface area contributed by atoms with E-state index >= 15 is 0 Å². The minimum Gasteiger partial charge on any atom is -0.356 e. The van der Waals surface area contributed by atoms with E-state index in [9.17, 15) is 4.79 Å². The second kappa shape index (κ2) is 11.8. The number of hydrogen-bond donors (Lipinski definition) is 2. The van der Waals surface area contributed by atoms with Gasteiger partial charge < -0.3 is 15.5 Å². The molecule has 1 aliphatic heterocycles. The topological polar surface area (TPSA) is 56.7 Å². The summed E-state index contributed by atoms with van der Waals surface area (Å²) in [5, 5.41) is 6.67. The van der Waals surface area contributed by atoms with Gasteiger partial charge in [-0.2, -0.15) is 0 Å². The van der Waals surface area contributed by atoms with Crippen LogP contribution in [0.25, 0.3) is 0 Å². The number of nitrogens with one attached hydrogen (secondary N) is 2. The molecule has 0 aliphatic carbocycles. The summed E-state index contributed by atoms with van der Waals surface area (Å²) in [5.41, 5.74) is 0. The second-order valence-electron chi connectivity index (χ2n) is 7.10. The highest BCUT2D eigenvalue weighted by atomic mass is 127. The lowest BCUT2D eigenvalue weighted by Crippen LogP contribution is -2.45. The third-order valence-corrected chi connectivity index (χ3v) is 5.57. The molecule has 1 amide bonds. The highest BCUT2D eigenvalue weighted by molar-refractivity contribution is 14.0. The average Bonchev–Trinajstić information content (AvgIpc) is 2.98. The molecule has 2 heterocycles. The molecule has 2 unspecified atom stereocenters. The number of aliphatic imine (C=N–C) groups is 1. The molecule has 1 saturated heterocycles. The molecule has 0 bridgehead atoms. The minimum absolute atomic E-state index is 0. The van der Waals surface area contributed by atoms with E-state index in [0.29, 0.717) is 24.9 Å². The smallest absolute Gasteiger partial charge is 0.224 e.